The van der Waals surface area contributed by atoms with Gasteiger partial charge in [0.05, 0.1) is 17.0 Å². The van der Waals surface area contributed by atoms with Crippen LogP contribution in [-0.2, 0) is 13.5 Å². The fourth-order valence-electron chi connectivity index (χ4n) is 5.77. The van der Waals surface area contributed by atoms with Gasteiger partial charge in [-0.3, -0.25) is 4.79 Å². The topological polar surface area (TPSA) is 99.2 Å². The summed E-state index contributed by atoms with van der Waals surface area (Å²) in [4.78, 5) is 30.1. The molecule has 4 N–H and O–H groups in total. The molecule has 6 rings (SSSR count). The predicted molar refractivity (Wildman–Crippen MR) is 171 cm³/mol. The summed E-state index contributed by atoms with van der Waals surface area (Å²) < 4.78 is 29.5. The van der Waals surface area contributed by atoms with Crippen LogP contribution in [0.15, 0.2) is 100 Å². The maximum absolute atomic E-state index is 14.0. The lowest BCUT2D eigenvalue weighted by atomic mass is 9.85. The average Bonchev–Trinajstić information content (AvgIpc) is 3.35. The number of aromatic hydroxyl groups is 1. The second-order valence-corrected chi connectivity index (χ2v) is 11.4. The Balaban J connectivity index is 1.44. The molecule has 0 saturated carbocycles. The summed E-state index contributed by atoms with van der Waals surface area (Å²) in [5.74, 6) is -2.39. The normalized spacial score (nSPS) is 12.0. The molecular formula is C34H27BrF2N4O3. The largest absolute Gasteiger partial charge is 0.507 e. The van der Waals surface area contributed by atoms with Gasteiger partial charge < -0.3 is 25.3 Å². The molecule has 44 heavy (non-hydrogen) atoms. The van der Waals surface area contributed by atoms with Crippen LogP contribution in [0.25, 0.3) is 21.8 Å². The summed E-state index contributed by atoms with van der Waals surface area (Å²) in [6, 6.07) is 24.6. The molecule has 1 unspecified atom stereocenters. The van der Waals surface area contributed by atoms with Crippen molar-refractivity contribution in [1.82, 2.24) is 14.9 Å². The minimum atomic E-state index is -0.801. The number of H-pyrrole nitrogens is 1. The van der Waals surface area contributed by atoms with Gasteiger partial charge in [0.1, 0.15) is 17.4 Å². The van der Waals surface area contributed by atoms with Crippen molar-refractivity contribution in [3.8, 4) is 5.75 Å². The van der Waals surface area contributed by atoms with E-state index in [1.807, 2.05) is 60.7 Å². The zero-order chi connectivity index (χ0) is 31.0. The second kappa shape index (κ2) is 12.0. The highest BCUT2D eigenvalue weighted by atomic mass is 79.9. The molecule has 6 aromatic rings. The number of halogens is 3. The van der Waals surface area contributed by atoms with Gasteiger partial charge in [0.15, 0.2) is 0 Å². The van der Waals surface area contributed by atoms with Crippen molar-refractivity contribution in [3.63, 3.8) is 0 Å². The van der Waals surface area contributed by atoms with Gasteiger partial charge in [-0.05, 0) is 60.0 Å². The zero-order valence-electron chi connectivity index (χ0n) is 23.5. The first-order valence-electron chi connectivity index (χ1n) is 13.9. The van der Waals surface area contributed by atoms with Crippen LogP contribution in [0.5, 0.6) is 5.75 Å². The van der Waals surface area contributed by atoms with E-state index >= 15 is 0 Å². The number of amides is 2. The number of nitrogens with zero attached hydrogens (tertiary/aromatic N) is 1. The Morgan fingerprint density at radius 3 is 2.41 bits per heavy atom. The summed E-state index contributed by atoms with van der Waals surface area (Å²) in [6.45, 7) is 0.172. The lowest BCUT2D eigenvalue weighted by Gasteiger charge is -2.22. The third-order valence-corrected chi connectivity index (χ3v) is 8.19. The number of pyridine rings is 1. The predicted octanol–water partition coefficient (Wildman–Crippen LogP) is 7.31. The van der Waals surface area contributed by atoms with Gasteiger partial charge in [0, 0.05) is 51.8 Å². The monoisotopic (exact) mass is 656 g/mol. The molecule has 0 fully saturated rings. The van der Waals surface area contributed by atoms with Crippen LogP contribution in [0.2, 0.25) is 0 Å². The summed E-state index contributed by atoms with van der Waals surface area (Å²) in [5, 5.41) is 18.3. The van der Waals surface area contributed by atoms with Crippen molar-refractivity contribution in [1.29, 1.82) is 0 Å². The highest BCUT2D eigenvalue weighted by molar-refractivity contribution is 9.10. The summed E-state index contributed by atoms with van der Waals surface area (Å²) in [7, 11) is 1.69. The number of hydrogen-bond acceptors (Lipinski definition) is 3. The number of aryl methyl sites for hydroxylation is 1. The number of rotatable bonds is 7. The molecule has 0 spiro atoms. The highest BCUT2D eigenvalue weighted by Gasteiger charge is 2.30. The molecule has 0 radical (unpaired) electrons. The molecule has 0 aliphatic carbocycles. The summed E-state index contributed by atoms with van der Waals surface area (Å²) >= 11 is 3.56. The summed E-state index contributed by atoms with van der Waals surface area (Å²) in [6.07, 6.45) is 0.351. The number of carbonyl (C=O) groups is 1. The first-order chi connectivity index (χ1) is 21.2. The third-order valence-electron chi connectivity index (χ3n) is 7.70. The first-order valence-corrected chi connectivity index (χ1v) is 14.7. The number of fused-ring (bicyclic) bond motifs is 2. The van der Waals surface area contributed by atoms with E-state index in [0.717, 1.165) is 44.7 Å². The lowest BCUT2D eigenvalue weighted by Crippen LogP contribution is -2.31. The quantitative estimate of drug-likeness (QED) is 0.145. The maximum atomic E-state index is 14.0. The van der Waals surface area contributed by atoms with Crippen LogP contribution in [0.1, 0.15) is 28.3 Å². The number of urea groups is 1. The Labute approximate surface area is 259 Å². The second-order valence-electron chi connectivity index (χ2n) is 10.5. The number of nitrogens with one attached hydrogen (secondary N) is 3. The standard InChI is InChI=1S/C34H27BrF2N4O3/c1-41-28-12-5-3-10-26(28)32(42)30(33(41)43)29(19-7-6-8-20(35)15-19)31-25(24-9-2-4-11-27(24)40-31)13-14-38-34(44)39-23-17-21(36)16-22(37)18-23/h2-12,15-18,29,40,42H,13-14H2,1H3,(H2,38,39,44). The summed E-state index contributed by atoms with van der Waals surface area (Å²) in [5.41, 5.74) is 3.62. The number of hydrogen-bond donors (Lipinski definition) is 4. The molecular weight excluding hydrogens is 630 g/mol. The van der Waals surface area contributed by atoms with E-state index in [1.165, 1.54) is 0 Å². The molecule has 0 aliphatic heterocycles. The number of para-hydroxylation sites is 2. The molecule has 7 nitrogen and oxygen atoms in total. The molecule has 2 aromatic heterocycles. The molecule has 4 aromatic carbocycles. The number of benzene rings is 4. The van der Waals surface area contributed by atoms with Crippen molar-refractivity contribution in [2.45, 2.75) is 12.3 Å². The van der Waals surface area contributed by atoms with Gasteiger partial charge in [-0.1, -0.05) is 58.4 Å². The fraction of sp³-hybridized carbons (Fsp3) is 0.118. The fourth-order valence-corrected chi connectivity index (χ4v) is 6.18. The van der Waals surface area contributed by atoms with E-state index < -0.39 is 23.6 Å². The molecule has 2 amide bonds. The zero-order valence-corrected chi connectivity index (χ0v) is 25.1. The van der Waals surface area contributed by atoms with Crippen LogP contribution in [0.3, 0.4) is 0 Å². The first kappa shape index (κ1) is 29.1. The third kappa shape index (κ3) is 5.56. The van der Waals surface area contributed by atoms with E-state index in [9.17, 15) is 23.5 Å². The van der Waals surface area contributed by atoms with Crippen LogP contribution in [0.4, 0.5) is 19.3 Å². The van der Waals surface area contributed by atoms with E-state index in [1.54, 1.807) is 23.7 Å². The van der Waals surface area contributed by atoms with Crippen molar-refractivity contribution >= 4 is 49.5 Å². The van der Waals surface area contributed by atoms with Gasteiger partial charge >= 0.3 is 6.03 Å². The molecule has 222 valence electrons. The van der Waals surface area contributed by atoms with Gasteiger partial charge in [0.25, 0.3) is 5.56 Å². The van der Waals surface area contributed by atoms with E-state index in [2.05, 4.69) is 31.5 Å². The average molecular weight is 658 g/mol. The molecule has 10 heteroatoms. The number of aromatic nitrogens is 2. The van der Waals surface area contributed by atoms with Gasteiger partial charge in [-0.15, -0.1) is 0 Å². The molecule has 0 bridgehead atoms. The van der Waals surface area contributed by atoms with Crippen molar-refractivity contribution < 1.29 is 18.7 Å². The van der Waals surface area contributed by atoms with E-state index in [0.29, 0.717) is 23.0 Å². The number of carbonyl (C=O) groups excluding carboxylic acids is 1. The molecule has 2 heterocycles. The van der Waals surface area contributed by atoms with Crippen molar-refractivity contribution in [2.75, 3.05) is 11.9 Å². The number of anilines is 1. The minimum Gasteiger partial charge on any atom is -0.507 e. The van der Waals surface area contributed by atoms with E-state index in [4.69, 9.17) is 0 Å². The molecule has 0 aliphatic rings. The van der Waals surface area contributed by atoms with Gasteiger partial charge in [-0.2, -0.15) is 0 Å². The Morgan fingerprint density at radius 2 is 1.66 bits per heavy atom. The highest BCUT2D eigenvalue weighted by Crippen LogP contribution is 2.41. The van der Waals surface area contributed by atoms with E-state index in [-0.39, 0.29) is 29.1 Å². The van der Waals surface area contributed by atoms with Crippen molar-refractivity contribution in [3.05, 3.63) is 140 Å². The Morgan fingerprint density at radius 1 is 0.955 bits per heavy atom. The van der Waals surface area contributed by atoms with Crippen LogP contribution < -0.4 is 16.2 Å². The van der Waals surface area contributed by atoms with Crippen LogP contribution >= 0.6 is 15.9 Å². The van der Waals surface area contributed by atoms with Crippen LogP contribution in [0, 0.1) is 11.6 Å². The van der Waals surface area contributed by atoms with Crippen molar-refractivity contribution in [2.24, 2.45) is 7.05 Å². The van der Waals surface area contributed by atoms with Gasteiger partial charge in [0.2, 0.25) is 0 Å². The Bertz CT molecular complexity index is 2090. The Hall–Kier alpha value is -4.96. The molecule has 1 atom stereocenters. The number of aromatic amines is 1. The van der Waals surface area contributed by atoms with Gasteiger partial charge in [-0.25, -0.2) is 13.6 Å². The van der Waals surface area contributed by atoms with Crippen LogP contribution in [-0.4, -0.2) is 27.2 Å². The molecule has 0 saturated heterocycles. The maximum Gasteiger partial charge on any atom is 0.319 e. The Kier molecular flexibility index (Phi) is 7.92. The SMILES string of the molecule is Cn1c(=O)c(C(c2cccc(Br)c2)c2[nH]c3ccccc3c2CCNC(=O)Nc2cc(F)cc(F)c2)c(O)c2ccccc21. The lowest BCUT2D eigenvalue weighted by molar-refractivity contribution is 0.252. The smallest absolute Gasteiger partial charge is 0.319 e. The minimum absolute atomic E-state index is 0.00914.